The molecule has 114 valence electrons. The number of halogens is 1. The molecule has 0 saturated carbocycles. The second-order valence-electron chi connectivity index (χ2n) is 4.57. The zero-order chi connectivity index (χ0) is 15.9. The van der Waals surface area contributed by atoms with Crippen LogP contribution in [0.1, 0.15) is 10.4 Å². The summed E-state index contributed by atoms with van der Waals surface area (Å²) in [6.45, 7) is 0. The van der Waals surface area contributed by atoms with Crippen molar-refractivity contribution < 1.29 is 13.2 Å². The molecule has 8 heteroatoms. The predicted molar refractivity (Wildman–Crippen MR) is 88.5 cm³/mol. The number of carbonyl (C=O) groups is 1. The third kappa shape index (κ3) is 2.68. The zero-order valence-corrected chi connectivity index (χ0v) is 13.8. The molecule has 3 rings (SSSR count). The quantitative estimate of drug-likeness (QED) is 0.832. The average Bonchev–Trinajstić information content (AvgIpc) is 3.03. The molecule has 1 amide bonds. The number of sulfonamides is 1. The van der Waals surface area contributed by atoms with Gasteiger partial charge in [-0.25, -0.2) is 13.1 Å². The molecule has 1 aromatic heterocycles. The lowest BCUT2D eigenvalue weighted by Crippen LogP contribution is -2.18. The van der Waals surface area contributed by atoms with Gasteiger partial charge in [0.15, 0.2) is 0 Å². The summed E-state index contributed by atoms with van der Waals surface area (Å²) in [6.07, 6.45) is 1.70. The van der Waals surface area contributed by atoms with E-state index in [9.17, 15) is 13.2 Å². The van der Waals surface area contributed by atoms with Gasteiger partial charge in [0.1, 0.15) is 0 Å². The summed E-state index contributed by atoms with van der Waals surface area (Å²) in [5.74, 6) is -0.265. The summed E-state index contributed by atoms with van der Waals surface area (Å²) in [6, 6.07) is 8.07. The van der Waals surface area contributed by atoms with E-state index in [2.05, 4.69) is 10.0 Å². The summed E-state index contributed by atoms with van der Waals surface area (Å²) >= 11 is 7.23. The molecule has 22 heavy (non-hydrogen) atoms. The van der Waals surface area contributed by atoms with Crippen LogP contribution in [0.25, 0.3) is 11.6 Å². The molecule has 1 aromatic carbocycles. The number of hydrogen-bond donors (Lipinski definition) is 2. The molecule has 2 aromatic rings. The Kier molecular flexibility index (Phi) is 3.82. The largest absolute Gasteiger partial charge is 0.321 e. The van der Waals surface area contributed by atoms with E-state index in [0.717, 1.165) is 4.88 Å². The fraction of sp³-hybridized carbons (Fsp3) is 0.0714. The zero-order valence-electron chi connectivity index (χ0n) is 11.4. The van der Waals surface area contributed by atoms with E-state index in [1.54, 1.807) is 24.3 Å². The fourth-order valence-corrected chi connectivity index (χ4v) is 3.90. The highest BCUT2D eigenvalue weighted by atomic mass is 35.5. The molecule has 0 fully saturated rings. The molecule has 0 spiro atoms. The van der Waals surface area contributed by atoms with E-state index >= 15 is 0 Å². The van der Waals surface area contributed by atoms with E-state index in [1.807, 2.05) is 0 Å². The third-order valence-corrected chi connectivity index (χ3v) is 5.82. The van der Waals surface area contributed by atoms with Gasteiger partial charge in [-0.3, -0.25) is 4.79 Å². The van der Waals surface area contributed by atoms with E-state index in [1.165, 1.54) is 30.5 Å². The molecular weight excluding hydrogens is 344 g/mol. The van der Waals surface area contributed by atoms with Crippen LogP contribution in [0.3, 0.4) is 0 Å². The van der Waals surface area contributed by atoms with E-state index in [0.29, 0.717) is 21.2 Å². The van der Waals surface area contributed by atoms with Crippen LogP contribution in [0.4, 0.5) is 5.69 Å². The van der Waals surface area contributed by atoms with Crippen molar-refractivity contribution in [1.29, 1.82) is 0 Å². The molecule has 0 bridgehead atoms. The van der Waals surface area contributed by atoms with Crippen LogP contribution >= 0.6 is 22.9 Å². The van der Waals surface area contributed by atoms with Crippen LogP contribution in [0.5, 0.6) is 0 Å². The van der Waals surface area contributed by atoms with Gasteiger partial charge in [0.05, 0.1) is 14.8 Å². The van der Waals surface area contributed by atoms with Crippen molar-refractivity contribution in [3.8, 4) is 0 Å². The molecular formula is C14H11ClN2O3S2. The molecule has 0 saturated heterocycles. The average molecular weight is 355 g/mol. The van der Waals surface area contributed by atoms with Crippen LogP contribution in [0, 0.1) is 0 Å². The summed E-state index contributed by atoms with van der Waals surface area (Å²) in [5, 5.41) is 2.72. The topological polar surface area (TPSA) is 75.3 Å². The van der Waals surface area contributed by atoms with Crippen molar-refractivity contribution in [1.82, 2.24) is 4.72 Å². The maximum atomic E-state index is 12.1. The third-order valence-electron chi connectivity index (χ3n) is 3.23. The fourth-order valence-electron chi connectivity index (χ4n) is 2.14. The lowest BCUT2D eigenvalue weighted by atomic mass is 10.1. The Morgan fingerprint density at radius 1 is 1.27 bits per heavy atom. The van der Waals surface area contributed by atoms with Crippen molar-refractivity contribution in [3.63, 3.8) is 0 Å². The number of fused-ring (bicyclic) bond motifs is 1. The first-order chi connectivity index (χ1) is 10.4. The highest BCUT2D eigenvalue weighted by Gasteiger charge is 2.26. The van der Waals surface area contributed by atoms with Crippen LogP contribution in [0.2, 0.25) is 4.34 Å². The SMILES string of the molecule is CNS(=O)(=O)c1ccc2c(c1)C(=Cc1ccc(Cl)s1)C(=O)N2. The molecule has 0 aliphatic carbocycles. The van der Waals surface area contributed by atoms with Gasteiger partial charge in [-0.15, -0.1) is 11.3 Å². The Morgan fingerprint density at radius 3 is 2.68 bits per heavy atom. The van der Waals surface area contributed by atoms with Crippen molar-refractivity contribution in [2.45, 2.75) is 4.90 Å². The van der Waals surface area contributed by atoms with Gasteiger partial charge in [0.25, 0.3) is 5.91 Å². The first-order valence-corrected chi connectivity index (χ1v) is 8.95. The Morgan fingerprint density at radius 2 is 2.05 bits per heavy atom. The van der Waals surface area contributed by atoms with Crippen molar-refractivity contribution in [3.05, 3.63) is 45.1 Å². The first-order valence-electron chi connectivity index (χ1n) is 6.27. The van der Waals surface area contributed by atoms with E-state index in [-0.39, 0.29) is 10.8 Å². The lowest BCUT2D eigenvalue weighted by Gasteiger charge is -2.05. The molecule has 1 aliphatic heterocycles. The van der Waals surface area contributed by atoms with Crippen molar-refractivity contribution in [2.24, 2.45) is 0 Å². The smallest absolute Gasteiger partial charge is 0.256 e. The van der Waals surface area contributed by atoms with Crippen LogP contribution in [-0.4, -0.2) is 21.4 Å². The van der Waals surface area contributed by atoms with Gasteiger partial charge in [-0.1, -0.05) is 11.6 Å². The molecule has 0 atom stereocenters. The number of carbonyl (C=O) groups excluding carboxylic acids is 1. The van der Waals surface area contributed by atoms with Crippen LogP contribution in [-0.2, 0) is 14.8 Å². The van der Waals surface area contributed by atoms with Gasteiger partial charge in [0.2, 0.25) is 10.0 Å². The van der Waals surface area contributed by atoms with Gasteiger partial charge in [-0.05, 0) is 43.5 Å². The minimum atomic E-state index is -3.56. The standard InChI is InChI=1S/C14H11ClN2O3S2/c1-16-22(19,20)9-3-4-12-10(7-9)11(14(18)17-12)6-8-2-5-13(15)21-8/h2-7,16H,1H3,(H,17,18). The lowest BCUT2D eigenvalue weighted by molar-refractivity contribution is -0.110. The van der Waals surface area contributed by atoms with Crippen LogP contribution in [0.15, 0.2) is 35.2 Å². The van der Waals surface area contributed by atoms with Crippen LogP contribution < -0.4 is 10.0 Å². The summed E-state index contributed by atoms with van der Waals surface area (Å²) in [5.41, 5.74) is 1.57. The minimum Gasteiger partial charge on any atom is -0.321 e. The monoisotopic (exact) mass is 354 g/mol. The summed E-state index contributed by atoms with van der Waals surface area (Å²) < 4.78 is 26.7. The predicted octanol–water partition coefficient (Wildman–Crippen LogP) is 2.80. The number of thiophene rings is 1. The number of nitrogens with one attached hydrogen (secondary N) is 2. The second kappa shape index (κ2) is 5.51. The number of hydrogen-bond acceptors (Lipinski definition) is 4. The number of rotatable bonds is 3. The highest BCUT2D eigenvalue weighted by Crippen LogP contribution is 2.36. The van der Waals surface area contributed by atoms with Gasteiger partial charge < -0.3 is 5.32 Å². The Balaban J connectivity index is 2.12. The molecule has 0 radical (unpaired) electrons. The number of benzene rings is 1. The maximum Gasteiger partial charge on any atom is 0.256 e. The summed E-state index contributed by atoms with van der Waals surface area (Å²) in [7, 11) is -2.22. The van der Waals surface area contributed by atoms with Crippen molar-refractivity contribution in [2.75, 3.05) is 12.4 Å². The Hall–Kier alpha value is -1.67. The van der Waals surface area contributed by atoms with Crippen molar-refractivity contribution >= 4 is 56.2 Å². The Bertz CT molecular complexity index is 901. The second-order valence-corrected chi connectivity index (χ2v) is 8.20. The molecule has 0 unspecified atom stereocenters. The minimum absolute atomic E-state index is 0.111. The van der Waals surface area contributed by atoms with E-state index in [4.69, 9.17) is 11.6 Å². The Labute approximate surface area is 136 Å². The van der Waals surface area contributed by atoms with Gasteiger partial charge in [-0.2, -0.15) is 0 Å². The first kappa shape index (κ1) is 15.2. The normalized spacial score (nSPS) is 15.9. The van der Waals surface area contributed by atoms with Gasteiger partial charge in [0, 0.05) is 16.1 Å². The maximum absolute atomic E-state index is 12.1. The summed E-state index contributed by atoms with van der Waals surface area (Å²) in [4.78, 5) is 13.0. The molecule has 1 aliphatic rings. The number of anilines is 1. The number of amides is 1. The molecule has 2 N–H and O–H groups in total. The van der Waals surface area contributed by atoms with Gasteiger partial charge >= 0.3 is 0 Å². The molecule has 5 nitrogen and oxygen atoms in total. The highest BCUT2D eigenvalue weighted by molar-refractivity contribution is 7.89. The van der Waals surface area contributed by atoms with E-state index < -0.39 is 10.0 Å². The molecule has 2 heterocycles.